The fourth-order valence-corrected chi connectivity index (χ4v) is 2.34. The van der Waals surface area contributed by atoms with Gasteiger partial charge in [0.1, 0.15) is 19.0 Å². The van der Waals surface area contributed by atoms with E-state index in [4.69, 9.17) is 14.7 Å². The zero-order valence-corrected chi connectivity index (χ0v) is 14.1. The van der Waals surface area contributed by atoms with E-state index in [0.29, 0.717) is 23.5 Å². The lowest BCUT2D eigenvalue weighted by atomic mass is 10.1. The van der Waals surface area contributed by atoms with Gasteiger partial charge in [-0.2, -0.15) is 5.26 Å². The zero-order valence-electron chi connectivity index (χ0n) is 14.1. The van der Waals surface area contributed by atoms with Crippen molar-refractivity contribution in [2.45, 2.75) is 13.2 Å². The summed E-state index contributed by atoms with van der Waals surface area (Å²) in [4.78, 5) is 12.1. The number of esters is 1. The summed E-state index contributed by atoms with van der Waals surface area (Å²) in [5, 5.41) is 8.78. The van der Waals surface area contributed by atoms with Crippen molar-refractivity contribution in [1.82, 2.24) is 0 Å². The van der Waals surface area contributed by atoms with E-state index in [2.05, 4.69) is 6.07 Å². The van der Waals surface area contributed by atoms with Crippen LogP contribution in [-0.4, -0.2) is 5.97 Å². The highest BCUT2D eigenvalue weighted by Gasteiger charge is 2.08. The fraction of sp³-hybridized carbons (Fsp3) is 0.0909. The van der Waals surface area contributed by atoms with Crippen LogP contribution in [0.15, 0.2) is 78.9 Å². The normalized spacial score (nSPS) is 9.96. The predicted octanol–water partition coefficient (Wildman–Crippen LogP) is 4.49. The Labute approximate surface area is 152 Å². The Morgan fingerprint density at radius 1 is 0.808 bits per heavy atom. The Morgan fingerprint density at radius 2 is 1.46 bits per heavy atom. The van der Waals surface area contributed by atoms with E-state index in [9.17, 15) is 4.79 Å². The molecule has 0 atom stereocenters. The van der Waals surface area contributed by atoms with Crippen molar-refractivity contribution in [3.63, 3.8) is 0 Å². The molecular formula is C22H17NO3. The van der Waals surface area contributed by atoms with E-state index in [0.717, 1.165) is 11.1 Å². The number of nitrogens with zero attached hydrogens (tertiary/aromatic N) is 1. The van der Waals surface area contributed by atoms with Gasteiger partial charge in [-0.3, -0.25) is 0 Å². The molecule has 128 valence electrons. The first-order valence-corrected chi connectivity index (χ1v) is 8.17. The second-order valence-corrected chi connectivity index (χ2v) is 5.68. The molecule has 0 fully saturated rings. The van der Waals surface area contributed by atoms with Crippen LogP contribution in [0.5, 0.6) is 5.75 Å². The predicted molar refractivity (Wildman–Crippen MR) is 97.5 cm³/mol. The first-order valence-electron chi connectivity index (χ1n) is 8.17. The van der Waals surface area contributed by atoms with Crippen LogP contribution >= 0.6 is 0 Å². The Balaban J connectivity index is 1.52. The topological polar surface area (TPSA) is 59.3 Å². The highest BCUT2D eigenvalue weighted by molar-refractivity contribution is 5.89. The number of ether oxygens (including phenoxy) is 2. The van der Waals surface area contributed by atoms with E-state index in [1.165, 1.54) is 0 Å². The lowest BCUT2D eigenvalue weighted by Gasteiger charge is -2.08. The third kappa shape index (κ3) is 4.71. The molecule has 0 aliphatic rings. The summed E-state index contributed by atoms with van der Waals surface area (Å²) in [5.41, 5.74) is 2.95. The van der Waals surface area contributed by atoms with Gasteiger partial charge in [-0.25, -0.2) is 4.79 Å². The standard InChI is InChI=1S/C22H17NO3/c23-14-17-6-8-19(9-7-17)16-26-22(24)20-10-12-21(13-11-20)25-15-18-4-2-1-3-5-18/h1-13H,15-16H2. The van der Waals surface area contributed by atoms with Crippen LogP contribution in [0.4, 0.5) is 0 Å². The second-order valence-electron chi connectivity index (χ2n) is 5.68. The van der Waals surface area contributed by atoms with Crippen molar-refractivity contribution in [3.8, 4) is 11.8 Å². The molecule has 0 aliphatic heterocycles. The van der Waals surface area contributed by atoms with Crippen molar-refractivity contribution in [2.24, 2.45) is 0 Å². The van der Waals surface area contributed by atoms with Gasteiger partial charge in [0, 0.05) is 0 Å². The van der Waals surface area contributed by atoms with E-state index in [-0.39, 0.29) is 6.61 Å². The second kappa shape index (κ2) is 8.50. The van der Waals surface area contributed by atoms with Crippen molar-refractivity contribution < 1.29 is 14.3 Å². The molecule has 0 N–H and O–H groups in total. The number of carbonyl (C=O) groups excluding carboxylic acids is 1. The Kier molecular flexibility index (Phi) is 5.64. The first-order chi connectivity index (χ1) is 12.7. The summed E-state index contributed by atoms with van der Waals surface area (Å²) >= 11 is 0. The maximum absolute atomic E-state index is 12.1. The molecule has 0 heterocycles. The molecule has 0 bridgehead atoms. The summed E-state index contributed by atoms with van der Waals surface area (Å²) in [7, 11) is 0. The third-order valence-electron chi connectivity index (χ3n) is 3.79. The number of hydrogen-bond acceptors (Lipinski definition) is 4. The van der Waals surface area contributed by atoms with Gasteiger partial charge >= 0.3 is 5.97 Å². The van der Waals surface area contributed by atoms with Gasteiger partial charge in [-0.15, -0.1) is 0 Å². The molecule has 3 aromatic carbocycles. The largest absolute Gasteiger partial charge is 0.489 e. The van der Waals surface area contributed by atoms with Gasteiger partial charge < -0.3 is 9.47 Å². The molecule has 0 saturated heterocycles. The Hall–Kier alpha value is -3.58. The van der Waals surface area contributed by atoms with E-state index in [1.807, 2.05) is 30.3 Å². The maximum atomic E-state index is 12.1. The highest BCUT2D eigenvalue weighted by Crippen LogP contribution is 2.15. The highest BCUT2D eigenvalue weighted by atomic mass is 16.5. The molecule has 0 spiro atoms. The lowest BCUT2D eigenvalue weighted by Crippen LogP contribution is -2.05. The van der Waals surface area contributed by atoms with Crippen LogP contribution < -0.4 is 4.74 Å². The first kappa shape index (κ1) is 17.2. The van der Waals surface area contributed by atoms with Crippen molar-refractivity contribution in [1.29, 1.82) is 5.26 Å². The number of rotatable bonds is 6. The molecule has 0 radical (unpaired) electrons. The number of carbonyl (C=O) groups is 1. The molecule has 3 rings (SSSR count). The molecule has 0 aromatic heterocycles. The summed E-state index contributed by atoms with van der Waals surface area (Å²) in [6.45, 7) is 0.639. The van der Waals surface area contributed by atoms with Crippen molar-refractivity contribution in [2.75, 3.05) is 0 Å². The summed E-state index contributed by atoms with van der Waals surface area (Å²) in [6, 6.07) is 25.7. The van der Waals surface area contributed by atoms with Crippen LogP contribution in [0, 0.1) is 11.3 Å². The molecule has 0 unspecified atom stereocenters. The molecule has 0 amide bonds. The van der Waals surface area contributed by atoms with Crippen molar-refractivity contribution >= 4 is 5.97 Å². The van der Waals surface area contributed by atoms with Gasteiger partial charge in [0.05, 0.1) is 17.2 Å². The molecular weight excluding hydrogens is 326 g/mol. The van der Waals surface area contributed by atoms with Gasteiger partial charge in [-0.1, -0.05) is 42.5 Å². The van der Waals surface area contributed by atoms with Crippen molar-refractivity contribution in [3.05, 3.63) is 101 Å². The molecule has 3 aromatic rings. The van der Waals surface area contributed by atoms with E-state index < -0.39 is 5.97 Å². The molecule has 4 heteroatoms. The monoisotopic (exact) mass is 343 g/mol. The lowest BCUT2D eigenvalue weighted by molar-refractivity contribution is 0.0472. The Morgan fingerprint density at radius 3 is 2.12 bits per heavy atom. The summed E-state index contributed by atoms with van der Waals surface area (Å²) in [6.07, 6.45) is 0. The minimum atomic E-state index is -0.399. The number of hydrogen-bond donors (Lipinski definition) is 0. The number of nitriles is 1. The van der Waals surface area contributed by atoms with Crippen LogP contribution in [0.2, 0.25) is 0 Å². The van der Waals surface area contributed by atoms with Crippen LogP contribution in [0.25, 0.3) is 0 Å². The van der Waals surface area contributed by atoms with Gasteiger partial charge in [0.15, 0.2) is 0 Å². The average molecular weight is 343 g/mol. The van der Waals surface area contributed by atoms with E-state index >= 15 is 0 Å². The van der Waals surface area contributed by atoms with Gasteiger partial charge in [0.25, 0.3) is 0 Å². The van der Waals surface area contributed by atoms with Crippen LogP contribution in [0.1, 0.15) is 27.0 Å². The smallest absolute Gasteiger partial charge is 0.338 e. The number of benzene rings is 3. The zero-order chi connectivity index (χ0) is 18.2. The minimum Gasteiger partial charge on any atom is -0.489 e. The Bertz CT molecular complexity index is 895. The SMILES string of the molecule is N#Cc1ccc(COC(=O)c2ccc(OCc3ccccc3)cc2)cc1. The van der Waals surface area contributed by atoms with E-state index in [1.54, 1.807) is 48.5 Å². The quantitative estimate of drug-likeness (QED) is 0.619. The minimum absolute atomic E-state index is 0.163. The van der Waals surface area contributed by atoms with Crippen LogP contribution in [0.3, 0.4) is 0 Å². The van der Waals surface area contributed by atoms with Crippen LogP contribution in [-0.2, 0) is 18.0 Å². The molecule has 26 heavy (non-hydrogen) atoms. The van der Waals surface area contributed by atoms with Gasteiger partial charge in [0.2, 0.25) is 0 Å². The van der Waals surface area contributed by atoms with Gasteiger partial charge in [-0.05, 0) is 47.5 Å². The molecule has 4 nitrogen and oxygen atoms in total. The fourth-order valence-electron chi connectivity index (χ4n) is 2.34. The third-order valence-corrected chi connectivity index (χ3v) is 3.79. The average Bonchev–Trinajstić information content (AvgIpc) is 2.72. The molecule has 0 aliphatic carbocycles. The summed E-state index contributed by atoms with van der Waals surface area (Å²) < 4.78 is 11.0. The maximum Gasteiger partial charge on any atom is 0.338 e. The summed E-state index contributed by atoms with van der Waals surface area (Å²) in [5.74, 6) is 0.293. The molecule has 0 saturated carbocycles.